The number of carboxylic acid groups (broad SMARTS) is 1. The monoisotopic (exact) mass is 732 g/mol. The molecule has 0 saturated carbocycles. The van der Waals surface area contributed by atoms with Crippen molar-refractivity contribution >= 4 is 28.1 Å². The van der Waals surface area contributed by atoms with Gasteiger partial charge in [-0.15, -0.1) is 4.90 Å². The standard InChI is InChI=1S/C37H41N5O9S/c1-26-24-42(36(2,3)4,34(44)41(33(26)43)35(45)46)32-23-30(51-52(47,48)22-14-21-39-40-38)31(50-32)25-49-37(27-15-8-5-9-16-27,28-17-10-6-11-18-28)29-19-12-7-13-20-29/h5-13,15-20,24,30-32H,14,21-23,25H2,1-4H3/p+1/t30-,31-,32-,42+/m1/s1. The SMILES string of the molecule is CC1=C[N@@+]([C@H]2C[C@@H](OS(=O)(=O)CCCN=[N+]=[N-])[C@@H](COC(c3ccccc3)(c3ccccc3)c3ccccc3)O2)(C(C)(C)C)C(=O)N(C(=O)O)C1=O. The van der Waals surface area contributed by atoms with Crippen LogP contribution in [0.5, 0.6) is 0 Å². The molecular formula is C37H42N5O9S+. The average Bonchev–Trinajstić information content (AvgIpc) is 3.51. The van der Waals surface area contributed by atoms with Gasteiger partial charge in [-0.2, -0.15) is 12.9 Å². The highest BCUT2D eigenvalue weighted by Gasteiger charge is 2.63. The molecule has 3 aromatic carbocycles. The van der Waals surface area contributed by atoms with Gasteiger partial charge in [-0.05, 0) is 56.3 Å². The van der Waals surface area contributed by atoms with Gasteiger partial charge < -0.3 is 14.6 Å². The van der Waals surface area contributed by atoms with Crippen LogP contribution < -0.4 is 0 Å². The van der Waals surface area contributed by atoms with Crippen molar-refractivity contribution in [2.45, 2.75) is 70.1 Å². The van der Waals surface area contributed by atoms with Gasteiger partial charge >= 0.3 is 12.1 Å². The van der Waals surface area contributed by atoms with E-state index in [2.05, 4.69) is 10.0 Å². The summed E-state index contributed by atoms with van der Waals surface area (Å²) < 4.78 is 45.3. The number of ether oxygens (including phenoxy) is 2. The second kappa shape index (κ2) is 15.4. The van der Waals surface area contributed by atoms with E-state index in [0.717, 1.165) is 16.7 Å². The molecule has 0 aromatic heterocycles. The predicted octanol–water partition coefficient (Wildman–Crippen LogP) is 6.68. The molecule has 1 N–H and O–H groups in total. The first kappa shape index (κ1) is 38.3. The maximum Gasteiger partial charge on any atom is 0.443 e. The van der Waals surface area contributed by atoms with Crippen molar-refractivity contribution in [1.29, 1.82) is 0 Å². The topological polar surface area (TPSA) is 185 Å². The van der Waals surface area contributed by atoms with Crippen LogP contribution in [0.25, 0.3) is 10.4 Å². The number of hydrogen-bond donors (Lipinski definition) is 1. The highest BCUT2D eigenvalue weighted by molar-refractivity contribution is 7.86. The van der Waals surface area contributed by atoms with Crippen LogP contribution in [0.4, 0.5) is 9.59 Å². The van der Waals surface area contributed by atoms with E-state index in [1.807, 2.05) is 91.0 Å². The van der Waals surface area contributed by atoms with E-state index in [1.54, 1.807) is 20.8 Å². The molecule has 1 fully saturated rings. The third-order valence-electron chi connectivity index (χ3n) is 9.37. The lowest BCUT2D eigenvalue weighted by Gasteiger charge is -2.48. The van der Waals surface area contributed by atoms with E-state index in [0.29, 0.717) is 0 Å². The zero-order valence-corrected chi connectivity index (χ0v) is 30.2. The molecule has 0 radical (unpaired) electrons. The number of hydrogen-bond acceptors (Lipinski definition) is 9. The lowest BCUT2D eigenvalue weighted by Crippen LogP contribution is -2.72. The van der Waals surface area contributed by atoms with E-state index in [9.17, 15) is 27.9 Å². The molecule has 4 atom stereocenters. The van der Waals surface area contributed by atoms with Crippen LogP contribution in [0, 0.1) is 0 Å². The van der Waals surface area contributed by atoms with Crippen molar-refractivity contribution in [2.75, 3.05) is 18.9 Å². The zero-order valence-electron chi connectivity index (χ0n) is 29.4. The molecule has 0 unspecified atom stereocenters. The third-order valence-corrected chi connectivity index (χ3v) is 10.7. The van der Waals surface area contributed by atoms with Crippen molar-refractivity contribution in [2.24, 2.45) is 5.11 Å². The molecule has 4 amide bonds. The molecule has 2 heterocycles. The molecule has 0 bridgehead atoms. The van der Waals surface area contributed by atoms with Crippen molar-refractivity contribution in [3.63, 3.8) is 0 Å². The third kappa shape index (κ3) is 7.37. The van der Waals surface area contributed by atoms with E-state index < -0.39 is 68.0 Å². The number of azide groups is 1. The van der Waals surface area contributed by atoms with Gasteiger partial charge in [-0.3, -0.25) is 8.98 Å². The summed E-state index contributed by atoms with van der Waals surface area (Å²) in [6, 6.07) is 27.5. The molecule has 15 heteroatoms. The number of imide groups is 3. The highest BCUT2D eigenvalue weighted by atomic mass is 32.2. The van der Waals surface area contributed by atoms with Gasteiger partial charge in [0, 0.05) is 11.5 Å². The summed E-state index contributed by atoms with van der Waals surface area (Å²) in [6.07, 6.45) is -4.07. The Morgan fingerprint density at radius 2 is 1.50 bits per heavy atom. The normalized spacial score (nSPS) is 22.5. The van der Waals surface area contributed by atoms with Gasteiger partial charge in [0.2, 0.25) is 6.23 Å². The lowest BCUT2D eigenvalue weighted by atomic mass is 9.80. The Bertz CT molecular complexity index is 1870. The Balaban J connectivity index is 1.61. The number of carbonyl (C=O) groups is 3. The van der Waals surface area contributed by atoms with E-state index >= 15 is 0 Å². The first-order valence-corrected chi connectivity index (χ1v) is 18.3. The Labute approximate surface area is 302 Å². The van der Waals surface area contributed by atoms with Gasteiger partial charge in [-0.25, -0.2) is 9.59 Å². The largest absolute Gasteiger partial charge is 0.464 e. The molecule has 3 aromatic rings. The number of rotatable bonds is 13. The van der Waals surface area contributed by atoms with Crippen LogP contribution in [-0.2, 0) is 34.2 Å². The molecule has 2 aliphatic rings. The minimum Gasteiger partial charge on any atom is -0.464 e. The number of amides is 4. The number of nitrogens with zero attached hydrogens (tertiary/aromatic N) is 5. The van der Waals surface area contributed by atoms with Gasteiger partial charge in [-0.1, -0.05) is 96.1 Å². The molecule has 0 aliphatic carbocycles. The molecule has 14 nitrogen and oxygen atoms in total. The second-order valence-corrected chi connectivity index (χ2v) is 15.3. The summed E-state index contributed by atoms with van der Waals surface area (Å²) >= 11 is 0. The first-order valence-electron chi connectivity index (χ1n) is 16.8. The van der Waals surface area contributed by atoms with Crippen LogP contribution in [0.1, 0.15) is 57.2 Å². The summed E-state index contributed by atoms with van der Waals surface area (Å²) in [6.45, 7) is 6.21. The van der Waals surface area contributed by atoms with Crippen LogP contribution in [-0.4, -0.2) is 83.8 Å². The fourth-order valence-corrected chi connectivity index (χ4v) is 8.06. The second-order valence-electron chi connectivity index (χ2n) is 13.6. The molecule has 0 spiro atoms. The average molecular weight is 733 g/mol. The molecule has 52 heavy (non-hydrogen) atoms. The summed E-state index contributed by atoms with van der Waals surface area (Å²) in [4.78, 5) is 42.2. The van der Waals surface area contributed by atoms with Gasteiger partial charge in [0.1, 0.15) is 29.5 Å². The lowest BCUT2D eigenvalue weighted by molar-refractivity contribution is -0.899. The van der Waals surface area contributed by atoms with E-state index in [-0.39, 0.29) is 36.5 Å². The summed E-state index contributed by atoms with van der Waals surface area (Å²) in [5.74, 6) is -1.44. The number of carbonyl (C=O) groups excluding carboxylic acids is 2. The Kier molecular flexibility index (Phi) is 11.3. The smallest absolute Gasteiger partial charge is 0.443 e. The fraction of sp³-hybridized carbons (Fsp3) is 0.378. The van der Waals surface area contributed by atoms with Crippen molar-refractivity contribution in [1.82, 2.24) is 4.90 Å². The van der Waals surface area contributed by atoms with Crippen LogP contribution >= 0.6 is 0 Å². The van der Waals surface area contributed by atoms with Gasteiger partial charge in [0.05, 0.1) is 24.4 Å². The number of benzene rings is 3. The van der Waals surface area contributed by atoms with Crippen molar-refractivity contribution in [3.05, 3.63) is 130 Å². The van der Waals surface area contributed by atoms with Crippen molar-refractivity contribution < 1.29 is 46.0 Å². The maximum absolute atomic E-state index is 14.2. The first-order chi connectivity index (χ1) is 24.7. The summed E-state index contributed by atoms with van der Waals surface area (Å²) in [5, 5.41) is 13.4. The molecule has 1 saturated heterocycles. The molecular weight excluding hydrogens is 691 g/mol. The zero-order chi connectivity index (χ0) is 37.7. The minimum absolute atomic E-state index is 0.000359. The van der Waals surface area contributed by atoms with Gasteiger partial charge in [0.25, 0.3) is 16.0 Å². The number of quaternary nitrogens is 1. The molecule has 274 valence electrons. The summed E-state index contributed by atoms with van der Waals surface area (Å²) in [5.41, 5.74) is 8.67. The van der Waals surface area contributed by atoms with E-state index in [4.69, 9.17) is 19.2 Å². The van der Waals surface area contributed by atoms with E-state index in [1.165, 1.54) is 13.1 Å². The van der Waals surface area contributed by atoms with Crippen LogP contribution in [0.2, 0.25) is 0 Å². The minimum atomic E-state index is -4.24. The number of urea groups is 1. The molecule has 5 rings (SSSR count). The van der Waals surface area contributed by atoms with Gasteiger partial charge in [0.15, 0.2) is 0 Å². The molecule has 2 aliphatic heterocycles. The Morgan fingerprint density at radius 3 is 1.96 bits per heavy atom. The predicted molar refractivity (Wildman–Crippen MR) is 190 cm³/mol. The fourth-order valence-electron chi connectivity index (χ4n) is 6.91. The van der Waals surface area contributed by atoms with Crippen LogP contribution in [0.15, 0.2) is 108 Å². The van der Waals surface area contributed by atoms with Crippen molar-refractivity contribution in [3.8, 4) is 0 Å². The maximum atomic E-state index is 14.2. The highest BCUT2D eigenvalue weighted by Crippen LogP contribution is 2.45. The summed E-state index contributed by atoms with van der Waals surface area (Å²) in [7, 11) is -4.24. The quantitative estimate of drug-likeness (QED) is 0.0380. The Hall–Kier alpha value is -4.89. The van der Waals surface area contributed by atoms with Crippen LogP contribution in [0.3, 0.4) is 0 Å². The Morgan fingerprint density at radius 1 is 0.981 bits per heavy atom.